The molecule has 0 N–H and O–H groups in total. The van der Waals surface area contributed by atoms with Crippen molar-refractivity contribution >= 4 is 28.9 Å². The molecule has 0 saturated carbocycles. The largest absolute Gasteiger partial charge is 0.369 e. The molecule has 1 saturated heterocycles. The van der Waals surface area contributed by atoms with Crippen LogP contribution in [0.2, 0.25) is 5.02 Å². The summed E-state index contributed by atoms with van der Waals surface area (Å²) < 4.78 is 0. The molecule has 0 aliphatic carbocycles. The van der Waals surface area contributed by atoms with E-state index in [1.165, 1.54) is 5.69 Å². The van der Waals surface area contributed by atoms with Crippen molar-refractivity contribution in [3.05, 3.63) is 65.2 Å². The molecule has 110 valence electrons. The van der Waals surface area contributed by atoms with Crippen LogP contribution in [0.15, 0.2) is 54.6 Å². The average molecular weight is 321 g/mol. The van der Waals surface area contributed by atoms with Gasteiger partial charge in [-0.3, -0.25) is 4.90 Å². The standard InChI is InChI=1S/C17H18Cl2N2/c18-15-7-4-8-16(13-15)20-9-11-21(12-10-20)17(19)14-5-2-1-3-6-14/h1-8,13,17H,9-12H2. The Balaban J connectivity index is 1.63. The van der Waals surface area contributed by atoms with E-state index >= 15 is 0 Å². The highest BCUT2D eigenvalue weighted by molar-refractivity contribution is 6.30. The lowest BCUT2D eigenvalue weighted by molar-refractivity contribution is 0.238. The van der Waals surface area contributed by atoms with E-state index in [2.05, 4.69) is 28.0 Å². The summed E-state index contributed by atoms with van der Waals surface area (Å²) in [6.07, 6.45) is 0. The molecule has 0 spiro atoms. The van der Waals surface area contributed by atoms with Gasteiger partial charge in [-0.05, 0) is 23.8 Å². The second-order valence-electron chi connectivity index (χ2n) is 5.25. The van der Waals surface area contributed by atoms with Gasteiger partial charge in [0.25, 0.3) is 0 Å². The first-order valence-electron chi connectivity index (χ1n) is 7.17. The average Bonchev–Trinajstić information content (AvgIpc) is 2.55. The molecule has 3 rings (SSSR count). The molecule has 1 atom stereocenters. The summed E-state index contributed by atoms with van der Waals surface area (Å²) in [5, 5.41) is 0.787. The fraction of sp³-hybridized carbons (Fsp3) is 0.294. The smallest absolute Gasteiger partial charge is 0.111 e. The molecule has 0 radical (unpaired) electrons. The Morgan fingerprint density at radius 3 is 2.24 bits per heavy atom. The summed E-state index contributed by atoms with van der Waals surface area (Å²) >= 11 is 12.7. The Bertz CT molecular complexity index is 580. The maximum absolute atomic E-state index is 6.59. The van der Waals surface area contributed by atoms with Crippen molar-refractivity contribution < 1.29 is 0 Å². The van der Waals surface area contributed by atoms with Gasteiger partial charge in [-0.2, -0.15) is 0 Å². The number of anilines is 1. The van der Waals surface area contributed by atoms with Gasteiger partial charge >= 0.3 is 0 Å². The summed E-state index contributed by atoms with van der Waals surface area (Å²) in [6.45, 7) is 3.85. The first-order chi connectivity index (χ1) is 10.2. The summed E-state index contributed by atoms with van der Waals surface area (Å²) in [5.74, 6) is 0. The van der Waals surface area contributed by atoms with Crippen LogP contribution in [0.5, 0.6) is 0 Å². The van der Waals surface area contributed by atoms with E-state index in [1.54, 1.807) is 0 Å². The Hall–Kier alpha value is -1.22. The van der Waals surface area contributed by atoms with E-state index in [0.717, 1.165) is 36.8 Å². The molecule has 1 aliphatic rings. The molecule has 21 heavy (non-hydrogen) atoms. The van der Waals surface area contributed by atoms with Gasteiger partial charge in [-0.1, -0.05) is 48.0 Å². The molecule has 2 nitrogen and oxygen atoms in total. The summed E-state index contributed by atoms with van der Waals surface area (Å²) in [6, 6.07) is 18.3. The zero-order chi connectivity index (χ0) is 14.7. The van der Waals surface area contributed by atoms with Gasteiger partial charge in [0.05, 0.1) is 0 Å². The topological polar surface area (TPSA) is 6.48 Å². The van der Waals surface area contributed by atoms with Crippen molar-refractivity contribution in [3.8, 4) is 0 Å². The fourth-order valence-electron chi connectivity index (χ4n) is 2.70. The van der Waals surface area contributed by atoms with Crippen molar-refractivity contribution in [1.82, 2.24) is 4.90 Å². The Labute approximate surface area is 135 Å². The molecule has 0 amide bonds. The highest BCUT2D eigenvalue weighted by atomic mass is 35.5. The SMILES string of the molecule is Clc1cccc(N2CCN(C(Cl)c3ccccc3)CC2)c1. The Morgan fingerprint density at radius 2 is 1.57 bits per heavy atom. The van der Waals surface area contributed by atoms with Gasteiger partial charge in [-0.25, -0.2) is 0 Å². The molecule has 1 fully saturated rings. The number of nitrogens with zero attached hydrogens (tertiary/aromatic N) is 2. The first-order valence-corrected chi connectivity index (χ1v) is 7.99. The molecule has 1 aliphatic heterocycles. The molecule has 2 aromatic rings. The maximum atomic E-state index is 6.59. The first kappa shape index (κ1) is 14.7. The van der Waals surface area contributed by atoms with Crippen LogP contribution in [-0.4, -0.2) is 31.1 Å². The lowest BCUT2D eigenvalue weighted by atomic mass is 10.2. The predicted molar refractivity (Wildman–Crippen MR) is 90.3 cm³/mol. The predicted octanol–water partition coefficient (Wildman–Crippen LogP) is 4.40. The van der Waals surface area contributed by atoms with Gasteiger partial charge in [-0.15, -0.1) is 11.6 Å². The third kappa shape index (κ3) is 3.52. The van der Waals surface area contributed by atoms with Crippen molar-refractivity contribution in [2.75, 3.05) is 31.1 Å². The van der Waals surface area contributed by atoms with Crippen LogP contribution in [0.4, 0.5) is 5.69 Å². The van der Waals surface area contributed by atoms with E-state index in [4.69, 9.17) is 23.2 Å². The number of rotatable bonds is 3. The van der Waals surface area contributed by atoms with Crippen molar-refractivity contribution in [2.45, 2.75) is 5.50 Å². The number of hydrogen-bond donors (Lipinski definition) is 0. The minimum atomic E-state index is -0.0484. The molecule has 4 heteroatoms. The minimum absolute atomic E-state index is 0.0484. The second-order valence-corrected chi connectivity index (χ2v) is 6.10. The van der Waals surface area contributed by atoms with E-state index in [9.17, 15) is 0 Å². The van der Waals surface area contributed by atoms with Crippen molar-refractivity contribution in [1.29, 1.82) is 0 Å². The maximum Gasteiger partial charge on any atom is 0.111 e. The van der Waals surface area contributed by atoms with Crippen LogP contribution in [-0.2, 0) is 0 Å². The van der Waals surface area contributed by atoms with E-state index in [1.807, 2.05) is 36.4 Å². The molecule has 0 aromatic heterocycles. The van der Waals surface area contributed by atoms with E-state index < -0.39 is 0 Å². The molecule has 2 aromatic carbocycles. The quantitative estimate of drug-likeness (QED) is 0.611. The summed E-state index contributed by atoms with van der Waals surface area (Å²) in [4.78, 5) is 4.68. The third-order valence-electron chi connectivity index (χ3n) is 3.88. The molecule has 1 unspecified atom stereocenters. The van der Waals surface area contributed by atoms with Crippen LogP contribution in [0, 0.1) is 0 Å². The monoisotopic (exact) mass is 320 g/mol. The number of alkyl halides is 1. The van der Waals surface area contributed by atoms with Crippen molar-refractivity contribution in [3.63, 3.8) is 0 Å². The molecular formula is C17H18Cl2N2. The van der Waals surface area contributed by atoms with Crippen LogP contribution < -0.4 is 4.90 Å². The van der Waals surface area contributed by atoms with Crippen LogP contribution in [0.3, 0.4) is 0 Å². The minimum Gasteiger partial charge on any atom is -0.369 e. The highest BCUT2D eigenvalue weighted by Crippen LogP contribution is 2.27. The lowest BCUT2D eigenvalue weighted by Crippen LogP contribution is -2.46. The summed E-state index contributed by atoms with van der Waals surface area (Å²) in [7, 11) is 0. The van der Waals surface area contributed by atoms with E-state index in [0.29, 0.717) is 0 Å². The normalized spacial score (nSPS) is 17.7. The fourth-order valence-corrected chi connectivity index (χ4v) is 3.23. The molecule has 1 heterocycles. The van der Waals surface area contributed by atoms with Gasteiger partial charge in [0.2, 0.25) is 0 Å². The van der Waals surface area contributed by atoms with Crippen LogP contribution in [0.25, 0.3) is 0 Å². The van der Waals surface area contributed by atoms with Gasteiger partial charge in [0.15, 0.2) is 0 Å². The van der Waals surface area contributed by atoms with E-state index in [-0.39, 0.29) is 5.50 Å². The number of piperazine rings is 1. The highest BCUT2D eigenvalue weighted by Gasteiger charge is 2.23. The third-order valence-corrected chi connectivity index (χ3v) is 4.65. The van der Waals surface area contributed by atoms with Crippen LogP contribution >= 0.6 is 23.2 Å². The van der Waals surface area contributed by atoms with Gasteiger partial charge in [0.1, 0.15) is 5.50 Å². The van der Waals surface area contributed by atoms with Crippen LogP contribution in [0.1, 0.15) is 11.1 Å². The van der Waals surface area contributed by atoms with Crippen molar-refractivity contribution in [2.24, 2.45) is 0 Å². The second kappa shape index (κ2) is 6.69. The number of benzene rings is 2. The molecule has 0 bridgehead atoms. The number of halogens is 2. The Kier molecular flexibility index (Phi) is 4.69. The van der Waals surface area contributed by atoms with Gasteiger partial charge in [0, 0.05) is 36.9 Å². The lowest BCUT2D eigenvalue weighted by Gasteiger charge is -2.38. The van der Waals surface area contributed by atoms with Gasteiger partial charge < -0.3 is 4.90 Å². The number of hydrogen-bond acceptors (Lipinski definition) is 2. The zero-order valence-corrected chi connectivity index (χ0v) is 13.3. The molecular weight excluding hydrogens is 303 g/mol. The Morgan fingerprint density at radius 1 is 0.857 bits per heavy atom. The zero-order valence-electron chi connectivity index (χ0n) is 11.8. The summed E-state index contributed by atoms with van der Waals surface area (Å²) in [5.41, 5.74) is 2.30.